The molecule has 0 spiro atoms. The molecule has 6 rings (SSSR count). The van der Waals surface area contributed by atoms with Gasteiger partial charge in [-0.05, 0) is 96.4 Å². The topological polar surface area (TPSA) is 421 Å². The first-order valence-corrected chi connectivity index (χ1v) is 20.6. The molecule has 0 bridgehead atoms. The van der Waals surface area contributed by atoms with E-state index in [0.29, 0.717) is 34.9 Å². The Balaban J connectivity index is 0.00000352. The molecule has 308 valence electrons. The predicted molar refractivity (Wildman–Crippen MR) is 214 cm³/mol. The van der Waals surface area contributed by atoms with Crippen molar-refractivity contribution in [1.29, 1.82) is 0 Å². The number of hydrogen-bond donors (Lipinski definition) is 6. The van der Waals surface area contributed by atoms with Crippen LogP contribution in [0.3, 0.4) is 0 Å². The molecule has 0 aliphatic heterocycles. The normalized spacial score (nSPS) is 12.2. The molecule has 0 unspecified atom stereocenters. The molecule has 6 aromatic rings. The maximum atomic E-state index is 13.8. The molecule has 0 atom stereocenters. The van der Waals surface area contributed by atoms with E-state index in [2.05, 4.69) is 40.9 Å². The van der Waals surface area contributed by atoms with Crippen LogP contribution in [0.1, 0.15) is 0 Å². The number of nitrogen functional groups attached to an aromatic ring is 5. The second-order valence-electron chi connectivity index (χ2n) is 12.3. The third-order valence-corrected chi connectivity index (χ3v) is 10.7. The molecule has 0 saturated carbocycles. The summed E-state index contributed by atoms with van der Waals surface area (Å²) in [5, 5.41) is 44.1. The van der Waals surface area contributed by atoms with Crippen LogP contribution in [0.4, 0.5) is 73.9 Å². The molecular weight excluding hydrogens is 916 g/mol. The van der Waals surface area contributed by atoms with E-state index in [1.807, 2.05) is 0 Å². The van der Waals surface area contributed by atoms with E-state index in [1.54, 1.807) is 12.1 Å². The van der Waals surface area contributed by atoms with Crippen molar-refractivity contribution in [3.8, 4) is 5.75 Å². The van der Waals surface area contributed by atoms with E-state index in [0.717, 1.165) is 12.1 Å². The van der Waals surface area contributed by atoms with Crippen LogP contribution in [-0.2, 0) is 30.4 Å². The molecule has 0 saturated heterocycles. The van der Waals surface area contributed by atoms with E-state index < -0.39 is 78.6 Å². The minimum absolute atomic E-state index is 0. The number of rotatable bonds is 11. The van der Waals surface area contributed by atoms with Crippen molar-refractivity contribution < 1.29 is 133 Å². The van der Waals surface area contributed by atoms with Gasteiger partial charge in [0.15, 0.2) is 0 Å². The van der Waals surface area contributed by atoms with Crippen molar-refractivity contribution in [3.63, 3.8) is 0 Å². The minimum atomic E-state index is -5.40. The average Bonchev–Trinajstić information content (AvgIpc) is 3.15. The maximum absolute atomic E-state index is 13.8. The zero-order chi connectivity index (χ0) is 43.7. The Bertz CT molecular complexity index is 3200. The fourth-order valence-corrected chi connectivity index (χ4v) is 7.18. The minimum Gasteiger partial charge on any atom is -0.870 e. The number of hydrogen-bond acceptors (Lipinski definition) is 22. The van der Waals surface area contributed by atoms with Gasteiger partial charge in [-0.3, -0.25) is 4.55 Å². The van der Waals surface area contributed by atoms with Crippen molar-refractivity contribution in [2.24, 2.45) is 40.9 Å². The van der Waals surface area contributed by atoms with Gasteiger partial charge in [0.05, 0.1) is 61.0 Å². The molecule has 29 heteroatoms. The molecule has 0 heterocycles. The predicted octanol–water partition coefficient (Wildman–Crippen LogP) is -2.45. The summed E-state index contributed by atoms with van der Waals surface area (Å²) in [5.41, 5.74) is 27.8. The van der Waals surface area contributed by atoms with Crippen LogP contribution in [0.5, 0.6) is 5.75 Å². The smallest absolute Gasteiger partial charge is 0.870 e. The zero-order valence-corrected chi connectivity index (χ0v) is 41.4. The van der Waals surface area contributed by atoms with Gasteiger partial charge in [0.1, 0.15) is 42.2 Å². The van der Waals surface area contributed by atoms with E-state index >= 15 is 0 Å². The Morgan fingerprint density at radius 1 is 0.460 bits per heavy atom. The molecule has 0 aliphatic carbocycles. The molecule has 0 radical (unpaired) electrons. The summed E-state index contributed by atoms with van der Waals surface area (Å²) in [5.74, 6) is -1.25. The third kappa shape index (κ3) is 12.6. The standard InChI is InChI=1S/C34H29N13O10S3.3Na/c35-17-1-10-25(22(36)13-17)44-40-18-2-6-20(7-3-18)42-46-32-28(59(52,53)54)11-16-12-29(60(55,56)57)33(34(48)30(16)31(32)39)47-43-21-8-4-19(5-9-21)41-45-26-15-27(58(49,50)51)24(38)14-23(26)37;;;/h1-15,48H,35-39H2,(H,49,50,51)(H,52,53,54)(H,55,56,57);;;/q;3*+1/p-3. The van der Waals surface area contributed by atoms with Gasteiger partial charge in [0, 0.05) is 11.1 Å². The summed E-state index contributed by atoms with van der Waals surface area (Å²) in [6, 6.07) is 18.9. The number of nitrogens with two attached hydrogens (primary N) is 5. The first-order valence-electron chi connectivity index (χ1n) is 16.3. The second-order valence-corrected chi connectivity index (χ2v) is 16.4. The Hall–Kier alpha value is -4.49. The van der Waals surface area contributed by atoms with Crippen LogP contribution in [0.15, 0.2) is 147 Å². The van der Waals surface area contributed by atoms with E-state index in [-0.39, 0.29) is 123 Å². The van der Waals surface area contributed by atoms with Crippen molar-refractivity contribution in [1.82, 2.24) is 0 Å². The van der Waals surface area contributed by atoms with Gasteiger partial charge in [-0.15, -0.1) is 20.5 Å². The fourth-order valence-electron chi connectivity index (χ4n) is 5.26. The summed E-state index contributed by atoms with van der Waals surface area (Å²) < 4.78 is 106. The molecule has 63 heavy (non-hydrogen) atoms. The van der Waals surface area contributed by atoms with Gasteiger partial charge in [-0.1, -0.05) is 5.75 Å². The van der Waals surface area contributed by atoms with E-state index in [1.165, 1.54) is 54.6 Å². The summed E-state index contributed by atoms with van der Waals surface area (Å²) in [6.07, 6.45) is 0. The first kappa shape index (κ1) is 52.9. The summed E-state index contributed by atoms with van der Waals surface area (Å²) in [7, 11) is -15.6. The van der Waals surface area contributed by atoms with Gasteiger partial charge in [-0.25, -0.2) is 16.8 Å². The van der Waals surface area contributed by atoms with Crippen molar-refractivity contribution in [2.45, 2.75) is 14.7 Å². The quantitative estimate of drug-likeness (QED) is 0.0340. The average molecular weight is 942 g/mol. The van der Waals surface area contributed by atoms with Gasteiger partial charge in [0.25, 0.3) is 10.1 Å². The second kappa shape index (κ2) is 21.0. The van der Waals surface area contributed by atoms with Crippen molar-refractivity contribution in [3.05, 3.63) is 91.0 Å². The summed E-state index contributed by atoms with van der Waals surface area (Å²) >= 11 is 0. The monoisotopic (exact) mass is 941 g/mol. The molecular formula is C34H26N13Na3O10S3. The van der Waals surface area contributed by atoms with Crippen molar-refractivity contribution in [2.75, 3.05) is 28.7 Å². The van der Waals surface area contributed by atoms with E-state index in [9.17, 15) is 44.0 Å². The van der Waals surface area contributed by atoms with Gasteiger partial charge >= 0.3 is 88.7 Å². The number of nitrogens with zero attached hydrogens (tertiary/aromatic N) is 8. The molecule has 0 amide bonds. The summed E-state index contributed by atoms with van der Waals surface area (Å²) in [6.45, 7) is 0. The number of anilines is 5. The van der Waals surface area contributed by atoms with Gasteiger partial charge in [-0.2, -0.15) is 28.9 Å². The third-order valence-electron chi connectivity index (χ3n) is 8.10. The van der Waals surface area contributed by atoms with E-state index in [4.69, 9.17) is 28.7 Å². The van der Waals surface area contributed by atoms with Crippen LogP contribution in [0, 0.1) is 0 Å². The molecule has 23 nitrogen and oxygen atoms in total. The van der Waals surface area contributed by atoms with Crippen LogP contribution in [0.25, 0.3) is 10.8 Å². The van der Waals surface area contributed by atoms with Crippen LogP contribution >= 0.6 is 0 Å². The SMILES string of the molecule is Nc1ccc(N=Nc2ccc(N=Nc3c(S(=O)(=O)[O-])cc4cc(S(=O)(=O)O)c(N=Nc5ccc(N=Nc6cc(S(=O)(=O)[O-])c(N)cc6N)cc5)c([O-])c4c3N)cc2)c(N)c1.[Na+].[Na+].[Na+]. The Kier molecular flexibility index (Phi) is 17.6. The maximum Gasteiger partial charge on any atom is 1.00 e. The van der Waals surface area contributed by atoms with Crippen LogP contribution < -0.4 is 122 Å². The number of azo groups is 4. The van der Waals surface area contributed by atoms with Crippen molar-refractivity contribution >= 4 is 115 Å². The van der Waals surface area contributed by atoms with Gasteiger partial charge < -0.3 is 42.9 Å². The molecule has 0 aromatic heterocycles. The largest absolute Gasteiger partial charge is 1.00 e. The fraction of sp³-hybridized carbons (Fsp3) is 0. The Morgan fingerprint density at radius 2 is 0.889 bits per heavy atom. The van der Waals surface area contributed by atoms with Gasteiger partial charge in [0.2, 0.25) is 0 Å². The Labute approximate surface area is 424 Å². The molecule has 11 N–H and O–H groups in total. The molecule has 0 fully saturated rings. The summed E-state index contributed by atoms with van der Waals surface area (Å²) in [4.78, 5) is -2.92. The van der Waals surface area contributed by atoms with Crippen LogP contribution in [0.2, 0.25) is 0 Å². The Morgan fingerprint density at radius 3 is 1.35 bits per heavy atom. The first-order chi connectivity index (χ1) is 28.1. The molecule has 6 aromatic carbocycles. The van der Waals surface area contributed by atoms with Crippen LogP contribution in [-0.4, -0.2) is 38.9 Å². The molecule has 0 aliphatic rings. The number of fused-ring (bicyclic) bond motifs is 1. The number of benzene rings is 6. The zero-order valence-electron chi connectivity index (χ0n) is 33.0.